The second kappa shape index (κ2) is 10.3. The quantitative estimate of drug-likeness (QED) is 0.510. The van der Waals surface area contributed by atoms with E-state index < -0.39 is 0 Å². The number of hydrogen-bond donors (Lipinski definition) is 0. The first-order chi connectivity index (χ1) is 18.2. The van der Waals surface area contributed by atoms with Gasteiger partial charge in [-0.2, -0.15) is 5.10 Å². The van der Waals surface area contributed by atoms with E-state index in [0.29, 0.717) is 5.92 Å². The molecule has 0 unspecified atom stereocenters. The topological polar surface area (TPSA) is 87.6 Å². The Kier molecular flexibility index (Phi) is 6.59. The first-order valence-electron chi connectivity index (χ1n) is 13.3. The van der Waals surface area contributed by atoms with Crippen LogP contribution in [0.25, 0.3) is 11.3 Å². The third-order valence-electron chi connectivity index (χ3n) is 7.79. The summed E-state index contributed by atoms with van der Waals surface area (Å²) in [5.74, 6) is 3.63. The number of ether oxygens (including phenoxy) is 1. The van der Waals surface area contributed by atoms with E-state index in [9.17, 15) is 4.79 Å². The zero-order valence-corrected chi connectivity index (χ0v) is 21.3. The van der Waals surface area contributed by atoms with Gasteiger partial charge in [0, 0.05) is 62.7 Å². The molecular formula is C28H33N7O2. The Labute approximate surface area is 217 Å². The maximum atomic E-state index is 13.3. The molecule has 1 amide bonds. The lowest BCUT2D eigenvalue weighted by molar-refractivity contribution is -0.136. The molecule has 0 radical (unpaired) electrons. The van der Waals surface area contributed by atoms with Crippen LogP contribution < -0.4 is 14.5 Å². The van der Waals surface area contributed by atoms with Crippen molar-refractivity contribution < 1.29 is 9.53 Å². The number of anilines is 2. The van der Waals surface area contributed by atoms with Crippen molar-refractivity contribution in [1.29, 1.82) is 0 Å². The smallest absolute Gasteiger partial charge is 0.225 e. The van der Waals surface area contributed by atoms with E-state index in [0.717, 1.165) is 86.4 Å². The molecule has 3 aliphatic rings. The van der Waals surface area contributed by atoms with E-state index in [-0.39, 0.29) is 11.8 Å². The summed E-state index contributed by atoms with van der Waals surface area (Å²) in [5, 5.41) is 8.86. The summed E-state index contributed by atoms with van der Waals surface area (Å²) in [7, 11) is 1.66. The van der Waals surface area contributed by atoms with E-state index in [4.69, 9.17) is 4.74 Å². The summed E-state index contributed by atoms with van der Waals surface area (Å²) in [4.78, 5) is 28.8. The molecule has 3 aromatic rings. The molecule has 9 nitrogen and oxygen atoms in total. The first-order valence-corrected chi connectivity index (χ1v) is 13.3. The molecule has 37 heavy (non-hydrogen) atoms. The minimum Gasteiger partial charge on any atom is -0.497 e. The number of aromatic nitrogens is 4. The molecule has 9 heteroatoms. The number of amides is 1. The Hall–Kier alpha value is -3.75. The minimum absolute atomic E-state index is 0.0725. The number of piperazine rings is 1. The van der Waals surface area contributed by atoms with Crippen LogP contribution in [0.15, 0.2) is 48.8 Å². The van der Waals surface area contributed by atoms with Crippen LogP contribution in [0, 0.1) is 5.92 Å². The van der Waals surface area contributed by atoms with E-state index >= 15 is 0 Å². The molecule has 2 aliphatic heterocycles. The van der Waals surface area contributed by atoms with Crippen LogP contribution in [0.3, 0.4) is 0 Å². The normalized spacial score (nSPS) is 18.7. The lowest BCUT2D eigenvalue weighted by Gasteiger charge is -2.39. The molecule has 2 saturated heterocycles. The van der Waals surface area contributed by atoms with Gasteiger partial charge < -0.3 is 19.4 Å². The predicted octanol–water partition coefficient (Wildman–Crippen LogP) is 3.38. The molecule has 0 spiro atoms. The maximum Gasteiger partial charge on any atom is 0.225 e. The Balaban J connectivity index is 1.01. The summed E-state index contributed by atoms with van der Waals surface area (Å²) in [5.41, 5.74) is 3.02. The average Bonchev–Trinajstić information content (AvgIpc) is 3.83. The van der Waals surface area contributed by atoms with Crippen molar-refractivity contribution in [2.45, 2.75) is 31.6 Å². The Morgan fingerprint density at radius 3 is 2.19 bits per heavy atom. The molecular weight excluding hydrogens is 466 g/mol. The van der Waals surface area contributed by atoms with E-state index in [1.54, 1.807) is 13.4 Å². The molecule has 0 bridgehead atoms. The highest BCUT2D eigenvalue weighted by molar-refractivity contribution is 5.79. The van der Waals surface area contributed by atoms with Crippen molar-refractivity contribution >= 4 is 17.5 Å². The fraction of sp³-hybridized carbons (Fsp3) is 0.464. The highest BCUT2D eigenvalue weighted by Crippen LogP contribution is 2.38. The van der Waals surface area contributed by atoms with E-state index in [1.165, 1.54) is 12.8 Å². The fourth-order valence-electron chi connectivity index (χ4n) is 5.31. The predicted molar refractivity (Wildman–Crippen MR) is 142 cm³/mol. The van der Waals surface area contributed by atoms with Gasteiger partial charge in [-0.15, -0.1) is 5.10 Å². The molecule has 1 saturated carbocycles. The third kappa shape index (κ3) is 5.21. The minimum atomic E-state index is 0.0725. The van der Waals surface area contributed by atoms with Gasteiger partial charge in [0.2, 0.25) is 5.91 Å². The van der Waals surface area contributed by atoms with Crippen molar-refractivity contribution in [1.82, 2.24) is 25.1 Å². The van der Waals surface area contributed by atoms with Gasteiger partial charge in [-0.25, -0.2) is 9.97 Å². The summed E-state index contributed by atoms with van der Waals surface area (Å²) < 4.78 is 5.26. The summed E-state index contributed by atoms with van der Waals surface area (Å²) in [6.45, 7) is 4.72. The number of piperidine rings is 1. The highest BCUT2D eigenvalue weighted by Gasteiger charge is 2.31. The number of nitrogens with zero attached hydrogens (tertiary/aromatic N) is 7. The van der Waals surface area contributed by atoms with Crippen LogP contribution in [0.4, 0.5) is 11.6 Å². The van der Waals surface area contributed by atoms with Crippen LogP contribution in [-0.2, 0) is 4.79 Å². The van der Waals surface area contributed by atoms with Crippen LogP contribution >= 0.6 is 0 Å². The third-order valence-corrected chi connectivity index (χ3v) is 7.79. The van der Waals surface area contributed by atoms with Gasteiger partial charge in [0.15, 0.2) is 5.82 Å². The Morgan fingerprint density at radius 2 is 1.54 bits per heavy atom. The first kappa shape index (κ1) is 23.6. The highest BCUT2D eigenvalue weighted by atomic mass is 16.5. The zero-order valence-electron chi connectivity index (χ0n) is 21.3. The molecule has 1 aromatic carbocycles. The van der Waals surface area contributed by atoms with Gasteiger partial charge in [0.1, 0.15) is 17.9 Å². The summed E-state index contributed by atoms with van der Waals surface area (Å²) >= 11 is 0. The molecule has 3 fully saturated rings. The van der Waals surface area contributed by atoms with Crippen molar-refractivity contribution in [2.24, 2.45) is 5.92 Å². The van der Waals surface area contributed by atoms with Crippen molar-refractivity contribution in [3.05, 3.63) is 54.5 Å². The molecule has 0 N–H and O–H groups in total. The van der Waals surface area contributed by atoms with Crippen LogP contribution in [0.5, 0.6) is 5.75 Å². The molecule has 2 aromatic heterocycles. The SMILES string of the molecule is COc1ccc(-c2cc(N3CCC(C(=O)N4CCN(c5ccc(C6CC6)nn5)CC4)CC3)ncn2)cc1. The zero-order chi connectivity index (χ0) is 25.2. The standard InChI is InChI=1S/C28H33N7O2/c1-37-23-6-4-21(5-7-23)25-18-27(30-19-29-25)33-12-10-22(11-13-33)28(36)35-16-14-34(15-17-35)26-9-8-24(31-32-26)20-2-3-20/h4-9,18-20,22H,2-3,10-17H2,1H3. The molecule has 4 heterocycles. The van der Waals surface area contributed by atoms with Crippen LogP contribution in [0.1, 0.15) is 37.3 Å². The number of benzene rings is 1. The summed E-state index contributed by atoms with van der Waals surface area (Å²) in [6.07, 6.45) is 5.77. The van der Waals surface area contributed by atoms with Crippen molar-refractivity contribution in [3.8, 4) is 17.0 Å². The Morgan fingerprint density at radius 1 is 0.811 bits per heavy atom. The van der Waals surface area contributed by atoms with Gasteiger partial charge in [-0.05, 0) is 62.1 Å². The maximum absolute atomic E-state index is 13.3. The second-order valence-electron chi connectivity index (χ2n) is 10.2. The average molecular weight is 500 g/mol. The van der Waals surface area contributed by atoms with Gasteiger partial charge >= 0.3 is 0 Å². The molecule has 6 rings (SSSR count). The fourth-order valence-corrected chi connectivity index (χ4v) is 5.31. The number of carbonyl (C=O) groups excluding carboxylic acids is 1. The molecule has 192 valence electrons. The summed E-state index contributed by atoms with van der Waals surface area (Å²) in [6, 6.07) is 14.1. The lowest BCUT2D eigenvalue weighted by Crippen LogP contribution is -2.52. The van der Waals surface area contributed by atoms with Gasteiger partial charge in [0.25, 0.3) is 0 Å². The number of hydrogen-bond acceptors (Lipinski definition) is 8. The van der Waals surface area contributed by atoms with Gasteiger partial charge in [-0.3, -0.25) is 4.79 Å². The van der Waals surface area contributed by atoms with E-state index in [1.807, 2.05) is 35.2 Å². The van der Waals surface area contributed by atoms with Gasteiger partial charge in [0.05, 0.1) is 18.5 Å². The second-order valence-corrected chi connectivity index (χ2v) is 10.2. The Bertz CT molecular complexity index is 1210. The largest absolute Gasteiger partial charge is 0.497 e. The van der Waals surface area contributed by atoms with Crippen LogP contribution in [0.2, 0.25) is 0 Å². The number of carbonyl (C=O) groups is 1. The van der Waals surface area contributed by atoms with Gasteiger partial charge in [-0.1, -0.05) is 0 Å². The molecule has 1 aliphatic carbocycles. The van der Waals surface area contributed by atoms with Crippen molar-refractivity contribution in [3.63, 3.8) is 0 Å². The molecule has 0 atom stereocenters. The lowest BCUT2D eigenvalue weighted by atomic mass is 9.95. The number of methoxy groups -OCH3 is 1. The van der Waals surface area contributed by atoms with Crippen molar-refractivity contribution in [2.75, 3.05) is 56.2 Å². The monoisotopic (exact) mass is 499 g/mol. The van der Waals surface area contributed by atoms with E-state index in [2.05, 4.69) is 42.1 Å². The van der Waals surface area contributed by atoms with Crippen LogP contribution in [-0.4, -0.2) is 77.4 Å². The number of rotatable bonds is 6.